The average Bonchev–Trinajstić information content (AvgIpc) is 3.17. The Morgan fingerprint density at radius 2 is 1.56 bits per heavy atom. The lowest BCUT2D eigenvalue weighted by Gasteiger charge is -2.07. The third-order valence-electron chi connectivity index (χ3n) is 5.39. The number of benzene rings is 3. The molecule has 5 rings (SSSR count). The Morgan fingerprint density at radius 3 is 2.36 bits per heavy atom. The van der Waals surface area contributed by atoms with E-state index in [0.717, 1.165) is 24.0 Å². The topological polar surface area (TPSA) is 0 Å². The Bertz CT molecular complexity index is 1160. The molecule has 0 amide bonds. The Hall–Kier alpha value is -3.22. The fourth-order valence-corrected chi connectivity index (χ4v) is 4.30. The lowest BCUT2D eigenvalue weighted by atomic mass is 9.96. The number of rotatable bonds is 0. The van der Waals surface area contributed by atoms with Crippen molar-refractivity contribution in [3.8, 4) is 46.4 Å². The van der Waals surface area contributed by atoms with E-state index in [1.165, 1.54) is 44.5 Å². The summed E-state index contributed by atoms with van der Waals surface area (Å²) in [6, 6.07) is 17.7. The quantitative estimate of drug-likeness (QED) is 0.345. The van der Waals surface area contributed by atoms with Crippen LogP contribution in [0.1, 0.15) is 40.3 Å². The predicted molar refractivity (Wildman–Crippen MR) is 103 cm³/mol. The molecule has 0 unspecified atom stereocenters. The van der Waals surface area contributed by atoms with Gasteiger partial charge in [-0.1, -0.05) is 42.2 Å². The molecule has 116 valence electrons. The highest BCUT2D eigenvalue weighted by Crippen LogP contribution is 2.45. The average molecular weight is 316 g/mol. The molecule has 0 N–H and O–H groups in total. The van der Waals surface area contributed by atoms with Crippen molar-refractivity contribution in [2.24, 2.45) is 0 Å². The van der Waals surface area contributed by atoms with Crippen LogP contribution in [-0.4, -0.2) is 0 Å². The molecule has 0 bridgehead atoms. The molecule has 0 saturated heterocycles. The molecule has 3 aromatic carbocycles. The van der Waals surface area contributed by atoms with Crippen molar-refractivity contribution < 1.29 is 0 Å². The van der Waals surface area contributed by atoms with E-state index >= 15 is 0 Å². The van der Waals surface area contributed by atoms with Gasteiger partial charge in [0.1, 0.15) is 0 Å². The molecule has 0 heterocycles. The summed E-state index contributed by atoms with van der Waals surface area (Å²) in [4.78, 5) is 0. The summed E-state index contributed by atoms with van der Waals surface area (Å²) < 4.78 is 0. The first kappa shape index (κ1) is 14.2. The van der Waals surface area contributed by atoms with Gasteiger partial charge in [-0.3, -0.25) is 0 Å². The molecular formula is C25H16. The van der Waals surface area contributed by atoms with Crippen LogP contribution in [0.5, 0.6) is 0 Å². The zero-order valence-electron chi connectivity index (χ0n) is 14.1. The van der Waals surface area contributed by atoms with Crippen LogP contribution in [0, 0.1) is 24.2 Å². The van der Waals surface area contributed by atoms with Crippen molar-refractivity contribution in [3.05, 3.63) is 81.9 Å². The summed E-state index contributed by atoms with van der Waals surface area (Å²) in [6.45, 7) is 1.85. The Balaban J connectivity index is 1.71. The largest absolute Gasteiger partial charge is 0.115 e. The predicted octanol–water partition coefficient (Wildman–Crippen LogP) is 5.18. The van der Waals surface area contributed by atoms with Crippen LogP contribution in [0.3, 0.4) is 0 Å². The van der Waals surface area contributed by atoms with Gasteiger partial charge >= 0.3 is 0 Å². The number of hydrogen-bond donors (Lipinski definition) is 0. The zero-order valence-corrected chi connectivity index (χ0v) is 14.1. The molecular weight excluding hydrogens is 300 g/mol. The molecule has 2 aliphatic carbocycles. The standard InChI is InChI=1S/C25H16/c1-3-7-16-10-11-22-24-13-18-12-17-8-5-6-9-21(17)23(18)14-19(24)15-25(22)20(16)4-2/h2,5-6,8-11,13-14H,12,15H2,1H3. The van der Waals surface area contributed by atoms with Gasteiger partial charge in [0.15, 0.2) is 0 Å². The monoisotopic (exact) mass is 316 g/mol. The van der Waals surface area contributed by atoms with Gasteiger partial charge in [-0.05, 0) is 82.5 Å². The molecule has 0 atom stereocenters. The molecule has 0 nitrogen and oxygen atoms in total. The molecule has 0 aliphatic heterocycles. The molecule has 0 spiro atoms. The van der Waals surface area contributed by atoms with Crippen LogP contribution in [0.25, 0.3) is 22.3 Å². The lowest BCUT2D eigenvalue weighted by Crippen LogP contribution is -1.92. The summed E-state index contributed by atoms with van der Waals surface area (Å²) in [7, 11) is 0. The number of terminal acetylenes is 1. The minimum atomic E-state index is 0.902. The Morgan fingerprint density at radius 1 is 0.800 bits per heavy atom. The third-order valence-corrected chi connectivity index (χ3v) is 5.39. The Labute approximate surface area is 148 Å². The summed E-state index contributed by atoms with van der Waals surface area (Å²) in [5.41, 5.74) is 12.8. The van der Waals surface area contributed by atoms with Gasteiger partial charge in [0, 0.05) is 11.1 Å². The molecule has 0 heteroatoms. The highest BCUT2D eigenvalue weighted by atomic mass is 14.3. The first-order valence-corrected chi connectivity index (χ1v) is 8.60. The smallest absolute Gasteiger partial charge is 0.0440 e. The van der Waals surface area contributed by atoms with Crippen LogP contribution in [0.15, 0.2) is 48.5 Å². The molecule has 25 heavy (non-hydrogen) atoms. The van der Waals surface area contributed by atoms with E-state index in [4.69, 9.17) is 6.42 Å². The molecule has 0 fully saturated rings. The zero-order chi connectivity index (χ0) is 17.0. The van der Waals surface area contributed by atoms with Gasteiger partial charge in [-0.25, -0.2) is 0 Å². The van der Waals surface area contributed by atoms with Crippen LogP contribution < -0.4 is 0 Å². The minimum Gasteiger partial charge on any atom is -0.115 e. The van der Waals surface area contributed by atoms with Crippen molar-refractivity contribution in [2.45, 2.75) is 19.8 Å². The molecule has 3 aromatic rings. The normalized spacial score (nSPS) is 12.3. The third kappa shape index (κ3) is 1.92. The van der Waals surface area contributed by atoms with Gasteiger partial charge < -0.3 is 0 Å². The van der Waals surface area contributed by atoms with E-state index in [-0.39, 0.29) is 0 Å². The highest BCUT2D eigenvalue weighted by molar-refractivity contribution is 5.87. The molecule has 2 aliphatic rings. The van der Waals surface area contributed by atoms with E-state index in [0.29, 0.717) is 0 Å². The summed E-state index contributed by atoms with van der Waals surface area (Å²) in [5, 5.41) is 0. The van der Waals surface area contributed by atoms with Gasteiger partial charge in [-0.15, -0.1) is 12.3 Å². The van der Waals surface area contributed by atoms with Crippen LogP contribution in [-0.2, 0) is 12.8 Å². The molecule has 0 saturated carbocycles. The van der Waals surface area contributed by atoms with E-state index < -0.39 is 0 Å². The second-order valence-corrected chi connectivity index (χ2v) is 6.71. The lowest BCUT2D eigenvalue weighted by molar-refractivity contribution is 1.23. The highest BCUT2D eigenvalue weighted by Gasteiger charge is 2.26. The van der Waals surface area contributed by atoms with Gasteiger partial charge in [0.05, 0.1) is 0 Å². The second kappa shape index (κ2) is 5.14. The first-order valence-electron chi connectivity index (χ1n) is 8.60. The van der Waals surface area contributed by atoms with Crippen LogP contribution >= 0.6 is 0 Å². The van der Waals surface area contributed by atoms with Crippen LogP contribution in [0.4, 0.5) is 0 Å². The maximum Gasteiger partial charge on any atom is 0.0440 e. The fraction of sp³-hybridized carbons (Fsp3) is 0.120. The minimum absolute atomic E-state index is 0.902. The maximum absolute atomic E-state index is 5.83. The van der Waals surface area contributed by atoms with Gasteiger partial charge in [-0.2, -0.15) is 0 Å². The maximum atomic E-state index is 5.83. The van der Waals surface area contributed by atoms with E-state index in [1.54, 1.807) is 0 Å². The number of fused-ring (bicyclic) bond motifs is 6. The SMILES string of the molecule is C#Cc1c(C#CC)ccc2c1Cc1cc3c(cc1-2)Cc1ccccc1-3. The fourth-order valence-electron chi connectivity index (χ4n) is 4.30. The van der Waals surface area contributed by atoms with Gasteiger partial charge in [0.25, 0.3) is 0 Å². The summed E-state index contributed by atoms with van der Waals surface area (Å²) >= 11 is 0. The second-order valence-electron chi connectivity index (χ2n) is 6.71. The van der Waals surface area contributed by atoms with Crippen molar-refractivity contribution in [2.75, 3.05) is 0 Å². The van der Waals surface area contributed by atoms with Crippen molar-refractivity contribution in [1.29, 1.82) is 0 Å². The van der Waals surface area contributed by atoms with E-state index in [9.17, 15) is 0 Å². The summed E-state index contributed by atoms with van der Waals surface area (Å²) in [5.74, 6) is 9.01. The van der Waals surface area contributed by atoms with Crippen molar-refractivity contribution >= 4 is 0 Å². The van der Waals surface area contributed by atoms with E-state index in [1.807, 2.05) is 6.92 Å². The first-order chi connectivity index (χ1) is 12.3. The van der Waals surface area contributed by atoms with Crippen LogP contribution in [0.2, 0.25) is 0 Å². The van der Waals surface area contributed by atoms with E-state index in [2.05, 4.69) is 66.3 Å². The van der Waals surface area contributed by atoms with Gasteiger partial charge in [0.2, 0.25) is 0 Å². The molecule has 0 radical (unpaired) electrons. The molecule has 0 aromatic heterocycles. The van der Waals surface area contributed by atoms with Crippen molar-refractivity contribution in [1.82, 2.24) is 0 Å². The number of hydrogen-bond acceptors (Lipinski definition) is 0. The van der Waals surface area contributed by atoms with Crippen molar-refractivity contribution in [3.63, 3.8) is 0 Å². The summed E-state index contributed by atoms with van der Waals surface area (Å²) in [6.07, 6.45) is 7.76. The Kier molecular flexibility index (Phi) is 2.91.